The molecular formula is C14H10F2O. The second kappa shape index (κ2) is 4.45. The van der Waals surface area contributed by atoms with E-state index < -0.39 is 11.6 Å². The van der Waals surface area contributed by atoms with E-state index in [2.05, 4.69) is 0 Å². The van der Waals surface area contributed by atoms with Crippen molar-refractivity contribution in [1.29, 1.82) is 0 Å². The maximum Gasteiger partial charge on any atom is 0.150 e. The van der Waals surface area contributed by atoms with Crippen LogP contribution >= 0.6 is 0 Å². The van der Waals surface area contributed by atoms with Gasteiger partial charge < -0.3 is 0 Å². The van der Waals surface area contributed by atoms with Gasteiger partial charge in [-0.05, 0) is 30.7 Å². The Kier molecular flexibility index (Phi) is 3.00. The molecule has 86 valence electrons. The number of hydrogen-bond donors (Lipinski definition) is 0. The van der Waals surface area contributed by atoms with Gasteiger partial charge in [0, 0.05) is 16.7 Å². The van der Waals surface area contributed by atoms with Gasteiger partial charge in [-0.1, -0.05) is 18.2 Å². The van der Waals surface area contributed by atoms with Gasteiger partial charge in [-0.2, -0.15) is 0 Å². The number of aldehydes is 1. The van der Waals surface area contributed by atoms with Crippen LogP contribution in [0.4, 0.5) is 8.78 Å². The van der Waals surface area contributed by atoms with E-state index in [4.69, 9.17) is 0 Å². The molecule has 0 fully saturated rings. The molecule has 0 N–H and O–H groups in total. The average Bonchev–Trinajstić information content (AvgIpc) is 2.29. The van der Waals surface area contributed by atoms with Crippen molar-refractivity contribution < 1.29 is 13.6 Å². The molecule has 2 aromatic rings. The minimum absolute atomic E-state index is 0.0173. The van der Waals surface area contributed by atoms with Crippen LogP contribution < -0.4 is 0 Å². The monoisotopic (exact) mass is 232 g/mol. The number of benzene rings is 2. The quantitative estimate of drug-likeness (QED) is 0.720. The van der Waals surface area contributed by atoms with Crippen LogP contribution in [0.15, 0.2) is 36.4 Å². The molecule has 0 aromatic heterocycles. The molecule has 0 saturated heterocycles. The fraction of sp³-hybridized carbons (Fsp3) is 0.0714. The number of carbonyl (C=O) groups excluding carboxylic acids is 1. The van der Waals surface area contributed by atoms with Crippen LogP contribution in [0.2, 0.25) is 0 Å². The smallest absolute Gasteiger partial charge is 0.150 e. The van der Waals surface area contributed by atoms with Crippen LogP contribution in [0.1, 0.15) is 15.9 Å². The first-order valence-corrected chi connectivity index (χ1v) is 5.13. The molecule has 0 saturated carbocycles. The van der Waals surface area contributed by atoms with Crippen LogP contribution in [0, 0.1) is 18.6 Å². The first-order chi connectivity index (χ1) is 8.13. The third-order valence-corrected chi connectivity index (χ3v) is 2.54. The van der Waals surface area contributed by atoms with Crippen molar-refractivity contribution in [2.45, 2.75) is 6.92 Å². The highest BCUT2D eigenvalue weighted by molar-refractivity contribution is 5.88. The molecule has 2 aromatic carbocycles. The zero-order valence-electron chi connectivity index (χ0n) is 9.21. The Morgan fingerprint density at radius 3 is 2.41 bits per heavy atom. The molecule has 17 heavy (non-hydrogen) atoms. The predicted molar refractivity (Wildman–Crippen MR) is 61.9 cm³/mol. The van der Waals surface area contributed by atoms with Crippen LogP contribution in [-0.2, 0) is 0 Å². The summed E-state index contributed by atoms with van der Waals surface area (Å²) in [6, 6.07) is 8.64. The van der Waals surface area contributed by atoms with Crippen molar-refractivity contribution in [3.05, 3.63) is 59.2 Å². The SMILES string of the molecule is Cc1cc(F)c(-c2ccccc2F)c(C=O)c1. The second-order valence-electron chi connectivity index (χ2n) is 3.81. The van der Waals surface area contributed by atoms with Crippen molar-refractivity contribution in [2.24, 2.45) is 0 Å². The summed E-state index contributed by atoms with van der Waals surface area (Å²) in [5.74, 6) is -1.13. The highest BCUT2D eigenvalue weighted by Gasteiger charge is 2.14. The number of carbonyl (C=O) groups is 1. The molecule has 0 aliphatic heterocycles. The summed E-state index contributed by atoms with van der Waals surface area (Å²) in [4.78, 5) is 10.9. The molecular weight excluding hydrogens is 222 g/mol. The number of hydrogen-bond acceptors (Lipinski definition) is 1. The lowest BCUT2D eigenvalue weighted by molar-refractivity contribution is 0.112. The molecule has 0 aliphatic carbocycles. The van der Waals surface area contributed by atoms with Gasteiger partial charge in [0.2, 0.25) is 0 Å². The van der Waals surface area contributed by atoms with Crippen LogP contribution in [0.5, 0.6) is 0 Å². The molecule has 3 heteroatoms. The number of halogens is 2. The van der Waals surface area contributed by atoms with Gasteiger partial charge in [0.15, 0.2) is 6.29 Å². The van der Waals surface area contributed by atoms with Crippen molar-refractivity contribution >= 4 is 6.29 Å². The fourth-order valence-electron chi connectivity index (χ4n) is 1.81. The molecule has 0 heterocycles. The van der Waals surface area contributed by atoms with E-state index >= 15 is 0 Å². The van der Waals surface area contributed by atoms with Crippen LogP contribution in [-0.4, -0.2) is 6.29 Å². The normalized spacial score (nSPS) is 10.3. The van der Waals surface area contributed by atoms with Crippen LogP contribution in [0.25, 0.3) is 11.1 Å². The van der Waals surface area contributed by atoms with Gasteiger partial charge >= 0.3 is 0 Å². The Bertz CT molecular complexity index is 576. The molecule has 2 rings (SSSR count). The van der Waals surface area contributed by atoms with Gasteiger partial charge in [-0.15, -0.1) is 0 Å². The summed E-state index contributed by atoms with van der Waals surface area (Å²) in [6.45, 7) is 1.68. The van der Waals surface area contributed by atoms with Gasteiger partial charge in [-0.3, -0.25) is 4.79 Å². The van der Waals surface area contributed by atoms with Crippen molar-refractivity contribution in [3.63, 3.8) is 0 Å². The Morgan fingerprint density at radius 1 is 1.06 bits per heavy atom. The van der Waals surface area contributed by atoms with Crippen molar-refractivity contribution in [1.82, 2.24) is 0 Å². The topological polar surface area (TPSA) is 17.1 Å². The first kappa shape index (κ1) is 11.5. The molecule has 0 bridgehead atoms. The lowest BCUT2D eigenvalue weighted by atomic mass is 9.97. The third-order valence-electron chi connectivity index (χ3n) is 2.54. The second-order valence-corrected chi connectivity index (χ2v) is 3.81. The summed E-state index contributed by atoms with van der Waals surface area (Å²) >= 11 is 0. The number of rotatable bonds is 2. The Hall–Kier alpha value is -2.03. The summed E-state index contributed by atoms with van der Waals surface area (Å²) in [5.41, 5.74) is 0.910. The average molecular weight is 232 g/mol. The zero-order valence-corrected chi connectivity index (χ0v) is 9.21. The minimum Gasteiger partial charge on any atom is -0.298 e. The fourth-order valence-corrected chi connectivity index (χ4v) is 1.81. The molecule has 0 amide bonds. The van der Waals surface area contributed by atoms with Gasteiger partial charge in [-0.25, -0.2) is 8.78 Å². The Morgan fingerprint density at radius 2 is 1.76 bits per heavy atom. The standard InChI is InChI=1S/C14H10F2O/c1-9-6-10(8-17)14(13(16)7-9)11-4-2-3-5-12(11)15/h2-8H,1H3. The molecule has 0 atom stereocenters. The Labute approximate surface area is 97.7 Å². The van der Waals surface area contributed by atoms with E-state index in [-0.39, 0.29) is 16.7 Å². The van der Waals surface area contributed by atoms with E-state index in [9.17, 15) is 13.6 Å². The summed E-state index contributed by atoms with van der Waals surface area (Å²) in [5, 5.41) is 0. The lowest BCUT2D eigenvalue weighted by Crippen LogP contribution is -1.96. The highest BCUT2D eigenvalue weighted by atomic mass is 19.1. The van der Waals surface area contributed by atoms with E-state index in [0.29, 0.717) is 11.8 Å². The van der Waals surface area contributed by atoms with Gasteiger partial charge in [0.05, 0.1) is 0 Å². The molecule has 1 nitrogen and oxygen atoms in total. The van der Waals surface area contributed by atoms with E-state index in [1.165, 1.54) is 30.3 Å². The van der Waals surface area contributed by atoms with E-state index in [1.54, 1.807) is 13.0 Å². The molecule has 0 radical (unpaired) electrons. The Balaban J connectivity index is 2.75. The highest BCUT2D eigenvalue weighted by Crippen LogP contribution is 2.29. The molecule has 0 aliphatic rings. The molecule has 0 spiro atoms. The minimum atomic E-state index is -0.586. The zero-order chi connectivity index (χ0) is 12.4. The maximum atomic E-state index is 13.8. The lowest BCUT2D eigenvalue weighted by Gasteiger charge is -2.09. The largest absolute Gasteiger partial charge is 0.298 e. The van der Waals surface area contributed by atoms with Crippen molar-refractivity contribution in [2.75, 3.05) is 0 Å². The summed E-state index contributed by atoms with van der Waals surface area (Å²) in [7, 11) is 0. The summed E-state index contributed by atoms with van der Waals surface area (Å²) < 4.78 is 27.4. The molecule has 0 unspecified atom stereocenters. The number of aryl methyl sites for hydroxylation is 1. The van der Waals surface area contributed by atoms with E-state index in [0.717, 1.165) is 0 Å². The first-order valence-electron chi connectivity index (χ1n) is 5.13. The maximum absolute atomic E-state index is 13.8. The van der Waals surface area contributed by atoms with Crippen molar-refractivity contribution in [3.8, 4) is 11.1 Å². The predicted octanol–water partition coefficient (Wildman–Crippen LogP) is 3.75. The van der Waals surface area contributed by atoms with Gasteiger partial charge in [0.1, 0.15) is 11.6 Å². The van der Waals surface area contributed by atoms with Gasteiger partial charge in [0.25, 0.3) is 0 Å². The summed E-state index contributed by atoms with van der Waals surface area (Å²) in [6.07, 6.45) is 0.540. The van der Waals surface area contributed by atoms with E-state index in [1.807, 2.05) is 0 Å². The van der Waals surface area contributed by atoms with Crippen LogP contribution in [0.3, 0.4) is 0 Å². The third kappa shape index (κ3) is 2.09.